The fourth-order valence-electron chi connectivity index (χ4n) is 1.54. The number of Topliss-reactive ketones (excluding diaryl/α,β-unsaturated/α-hetero) is 1. The Morgan fingerprint density at radius 1 is 1.24 bits per heavy atom. The van der Waals surface area contributed by atoms with E-state index in [9.17, 15) is 4.79 Å². The number of aryl methyl sites for hydroxylation is 1. The molecule has 17 heavy (non-hydrogen) atoms. The van der Waals surface area contributed by atoms with Gasteiger partial charge >= 0.3 is 0 Å². The van der Waals surface area contributed by atoms with Crippen LogP contribution in [0.2, 0.25) is 10.0 Å². The SMILES string of the molecule is CC(C)(C)C(=O)CCCc1ccc(Cl)cc1Cl. The van der Waals surface area contributed by atoms with Crippen molar-refractivity contribution in [2.45, 2.75) is 40.0 Å². The zero-order valence-corrected chi connectivity index (χ0v) is 12.0. The Morgan fingerprint density at radius 2 is 1.88 bits per heavy atom. The molecule has 1 nitrogen and oxygen atoms in total. The van der Waals surface area contributed by atoms with Crippen LogP contribution in [0, 0.1) is 5.41 Å². The van der Waals surface area contributed by atoms with Crippen LogP contribution in [0.4, 0.5) is 0 Å². The quantitative estimate of drug-likeness (QED) is 0.760. The van der Waals surface area contributed by atoms with E-state index in [0.717, 1.165) is 18.4 Å². The summed E-state index contributed by atoms with van der Waals surface area (Å²) >= 11 is 11.9. The van der Waals surface area contributed by atoms with Gasteiger partial charge in [0.25, 0.3) is 0 Å². The van der Waals surface area contributed by atoms with Crippen molar-refractivity contribution in [1.82, 2.24) is 0 Å². The Bertz CT molecular complexity index is 405. The van der Waals surface area contributed by atoms with E-state index in [2.05, 4.69) is 0 Å². The van der Waals surface area contributed by atoms with E-state index in [1.807, 2.05) is 32.9 Å². The van der Waals surface area contributed by atoms with E-state index < -0.39 is 0 Å². The van der Waals surface area contributed by atoms with Crippen molar-refractivity contribution in [3.63, 3.8) is 0 Å². The normalized spacial score (nSPS) is 11.6. The first kappa shape index (κ1) is 14.5. The van der Waals surface area contributed by atoms with Gasteiger partial charge in [-0.05, 0) is 30.5 Å². The lowest BCUT2D eigenvalue weighted by Crippen LogP contribution is -2.19. The minimum atomic E-state index is -0.246. The summed E-state index contributed by atoms with van der Waals surface area (Å²) in [6.45, 7) is 5.85. The molecule has 0 atom stereocenters. The lowest BCUT2D eigenvalue weighted by molar-refractivity contribution is -0.126. The van der Waals surface area contributed by atoms with Gasteiger partial charge in [-0.3, -0.25) is 4.79 Å². The number of halogens is 2. The zero-order valence-electron chi connectivity index (χ0n) is 10.5. The lowest BCUT2D eigenvalue weighted by atomic mass is 9.87. The smallest absolute Gasteiger partial charge is 0.138 e. The maximum absolute atomic E-state index is 11.7. The van der Waals surface area contributed by atoms with Crippen molar-refractivity contribution >= 4 is 29.0 Å². The third kappa shape index (κ3) is 4.69. The van der Waals surface area contributed by atoms with Crippen molar-refractivity contribution in [2.24, 2.45) is 5.41 Å². The molecule has 0 aliphatic heterocycles. The van der Waals surface area contributed by atoms with E-state index >= 15 is 0 Å². The molecule has 1 aromatic rings. The highest BCUT2D eigenvalue weighted by molar-refractivity contribution is 6.35. The average molecular weight is 273 g/mol. The summed E-state index contributed by atoms with van der Waals surface area (Å²) < 4.78 is 0. The summed E-state index contributed by atoms with van der Waals surface area (Å²) in [5.74, 6) is 0.294. The minimum Gasteiger partial charge on any atom is -0.299 e. The van der Waals surface area contributed by atoms with Gasteiger partial charge in [0.15, 0.2) is 0 Å². The molecule has 3 heteroatoms. The first-order valence-corrected chi connectivity index (χ1v) is 6.53. The third-order valence-corrected chi connectivity index (χ3v) is 3.29. The van der Waals surface area contributed by atoms with Crippen LogP contribution >= 0.6 is 23.2 Å². The number of carbonyl (C=O) groups is 1. The number of benzene rings is 1. The molecule has 0 bridgehead atoms. The van der Waals surface area contributed by atoms with Gasteiger partial charge in [-0.15, -0.1) is 0 Å². The van der Waals surface area contributed by atoms with Gasteiger partial charge in [-0.1, -0.05) is 50.0 Å². The number of hydrogen-bond donors (Lipinski definition) is 0. The monoisotopic (exact) mass is 272 g/mol. The Morgan fingerprint density at radius 3 is 2.41 bits per heavy atom. The highest BCUT2D eigenvalue weighted by Crippen LogP contribution is 2.23. The largest absolute Gasteiger partial charge is 0.299 e. The van der Waals surface area contributed by atoms with Crippen LogP contribution in [0.25, 0.3) is 0 Å². The molecule has 0 spiro atoms. The van der Waals surface area contributed by atoms with E-state index in [-0.39, 0.29) is 5.41 Å². The Labute approximate surface area is 113 Å². The Balaban J connectivity index is 2.49. The van der Waals surface area contributed by atoms with E-state index in [1.54, 1.807) is 6.07 Å². The number of hydrogen-bond acceptors (Lipinski definition) is 1. The van der Waals surface area contributed by atoms with Crippen molar-refractivity contribution in [1.29, 1.82) is 0 Å². The highest BCUT2D eigenvalue weighted by atomic mass is 35.5. The summed E-state index contributed by atoms with van der Waals surface area (Å²) in [6, 6.07) is 5.49. The summed E-state index contributed by atoms with van der Waals surface area (Å²) in [5, 5.41) is 1.32. The molecule has 0 fully saturated rings. The first-order chi connectivity index (χ1) is 7.80. The zero-order chi connectivity index (χ0) is 13.1. The highest BCUT2D eigenvalue weighted by Gasteiger charge is 2.20. The van der Waals surface area contributed by atoms with Crippen molar-refractivity contribution < 1.29 is 4.79 Å². The molecule has 0 saturated carbocycles. The second-order valence-electron chi connectivity index (χ2n) is 5.26. The van der Waals surface area contributed by atoms with Crippen LogP contribution < -0.4 is 0 Å². The maximum Gasteiger partial charge on any atom is 0.138 e. The lowest BCUT2D eigenvalue weighted by Gasteiger charge is -2.16. The standard InChI is InChI=1S/C14H18Cl2O/c1-14(2,3)13(17)6-4-5-10-7-8-11(15)9-12(10)16/h7-9H,4-6H2,1-3H3. The van der Waals surface area contributed by atoms with E-state index in [4.69, 9.17) is 23.2 Å². The average Bonchev–Trinajstić information content (AvgIpc) is 2.19. The first-order valence-electron chi connectivity index (χ1n) is 5.78. The molecule has 0 saturated heterocycles. The van der Waals surface area contributed by atoms with Crippen LogP contribution in [0.1, 0.15) is 39.2 Å². The molecule has 0 N–H and O–H groups in total. The van der Waals surface area contributed by atoms with Crippen LogP contribution in [-0.4, -0.2) is 5.78 Å². The summed E-state index contributed by atoms with van der Waals surface area (Å²) in [7, 11) is 0. The van der Waals surface area contributed by atoms with Crippen molar-refractivity contribution in [3.05, 3.63) is 33.8 Å². The molecule has 0 aliphatic rings. The second-order valence-corrected chi connectivity index (χ2v) is 6.11. The van der Waals surface area contributed by atoms with Gasteiger partial charge in [0.05, 0.1) is 0 Å². The topological polar surface area (TPSA) is 17.1 Å². The van der Waals surface area contributed by atoms with E-state index in [0.29, 0.717) is 22.2 Å². The van der Waals surface area contributed by atoms with Crippen LogP contribution in [-0.2, 0) is 11.2 Å². The fourth-order valence-corrected chi connectivity index (χ4v) is 2.04. The molecule has 0 unspecified atom stereocenters. The molecule has 0 aromatic heterocycles. The van der Waals surface area contributed by atoms with Gasteiger partial charge in [0.1, 0.15) is 5.78 Å². The van der Waals surface area contributed by atoms with Crippen LogP contribution in [0.3, 0.4) is 0 Å². The molecule has 1 aromatic carbocycles. The number of rotatable bonds is 4. The van der Waals surface area contributed by atoms with Gasteiger partial charge in [-0.25, -0.2) is 0 Å². The maximum atomic E-state index is 11.7. The summed E-state index contributed by atoms with van der Waals surface area (Å²) in [4.78, 5) is 11.7. The number of ketones is 1. The van der Waals surface area contributed by atoms with Gasteiger partial charge in [0.2, 0.25) is 0 Å². The predicted octanol–water partition coefficient (Wildman–Crippen LogP) is 4.93. The van der Waals surface area contributed by atoms with Gasteiger partial charge in [0, 0.05) is 21.9 Å². The van der Waals surface area contributed by atoms with Crippen molar-refractivity contribution in [3.8, 4) is 0 Å². The molecule has 0 aliphatic carbocycles. The third-order valence-electron chi connectivity index (χ3n) is 2.70. The molecule has 0 amide bonds. The van der Waals surface area contributed by atoms with Crippen LogP contribution in [0.15, 0.2) is 18.2 Å². The van der Waals surface area contributed by atoms with Gasteiger partial charge < -0.3 is 0 Å². The number of carbonyl (C=O) groups excluding carboxylic acids is 1. The molecule has 1 rings (SSSR count). The Kier molecular flexibility index (Phi) is 5.03. The summed E-state index contributed by atoms with van der Waals surface area (Å²) in [6.07, 6.45) is 2.25. The summed E-state index contributed by atoms with van der Waals surface area (Å²) in [5.41, 5.74) is 0.807. The molecular weight excluding hydrogens is 255 g/mol. The second kappa shape index (κ2) is 5.88. The molecule has 0 radical (unpaired) electrons. The molecular formula is C14H18Cl2O. The van der Waals surface area contributed by atoms with Crippen LogP contribution in [0.5, 0.6) is 0 Å². The Hall–Kier alpha value is -0.530. The van der Waals surface area contributed by atoms with Crippen molar-refractivity contribution in [2.75, 3.05) is 0 Å². The van der Waals surface area contributed by atoms with E-state index in [1.165, 1.54) is 0 Å². The van der Waals surface area contributed by atoms with Gasteiger partial charge in [-0.2, -0.15) is 0 Å². The predicted molar refractivity (Wildman–Crippen MR) is 73.9 cm³/mol. The molecule has 0 heterocycles. The minimum absolute atomic E-state index is 0.246. The fraction of sp³-hybridized carbons (Fsp3) is 0.500. The molecule has 94 valence electrons.